The summed E-state index contributed by atoms with van der Waals surface area (Å²) in [4.78, 5) is 38.5. The topological polar surface area (TPSA) is 105 Å². The van der Waals surface area contributed by atoms with Crippen LogP contribution in [0.2, 0.25) is 0 Å². The molecular weight excluding hydrogens is 448 g/mol. The number of ether oxygens (including phenoxy) is 2. The molecule has 8 heteroatoms. The maximum absolute atomic E-state index is 12.9. The Labute approximate surface area is 204 Å². The minimum absolute atomic E-state index is 0.0169. The van der Waals surface area contributed by atoms with E-state index < -0.39 is 23.6 Å². The zero-order chi connectivity index (χ0) is 24.6. The Bertz CT molecular complexity index is 1100. The molecule has 2 N–H and O–H groups in total. The summed E-state index contributed by atoms with van der Waals surface area (Å²) in [5.74, 6) is -1.27. The fraction of sp³-hybridized carbons (Fsp3) is 0.444. The molecule has 0 aromatic heterocycles. The highest BCUT2D eigenvalue weighted by molar-refractivity contribution is 5.86. The molecule has 35 heavy (non-hydrogen) atoms. The molecule has 3 aliphatic rings. The Morgan fingerprint density at radius 1 is 1.09 bits per heavy atom. The number of likely N-dealkylation sites (tertiary alicyclic amines) is 1. The average molecular weight is 479 g/mol. The summed E-state index contributed by atoms with van der Waals surface area (Å²) >= 11 is 0. The lowest BCUT2D eigenvalue weighted by Gasteiger charge is -2.47. The highest BCUT2D eigenvalue weighted by atomic mass is 16.5. The first-order valence-electron chi connectivity index (χ1n) is 12.2. The molecule has 0 unspecified atom stereocenters. The van der Waals surface area contributed by atoms with Gasteiger partial charge >= 0.3 is 12.1 Å². The summed E-state index contributed by atoms with van der Waals surface area (Å²) in [6, 6.07) is 16.3. The van der Waals surface area contributed by atoms with Crippen LogP contribution in [0.1, 0.15) is 36.8 Å². The number of aliphatic carboxylic acids is 1. The smallest absolute Gasteiger partial charge is 0.407 e. The zero-order valence-corrected chi connectivity index (χ0v) is 19.7. The Morgan fingerprint density at radius 2 is 1.71 bits per heavy atom. The molecular formula is C27H30N2O6. The van der Waals surface area contributed by atoms with E-state index in [9.17, 15) is 19.5 Å². The fourth-order valence-electron chi connectivity index (χ4n) is 5.51. The van der Waals surface area contributed by atoms with Gasteiger partial charge in [-0.05, 0) is 35.1 Å². The van der Waals surface area contributed by atoms with E-state index in [1.165, 1.54) is 11.1 Å². The van der Waals surface area contributed by atoms with Crippen LogP contribution in [0.15, 0.2) is 48.5 Å². The molecule has 1 aliphatic carbocycles. The summed E-state index contributed by atoms with van der Waals surface area (Å²) in [5.41, 5.74) is 3.78. The second-order valence-corrected chi connectivity index (χ2v) is 9.68. The van der Waals surface area contributed by atoms with Gasteiger partial charge in [-0.3, -0.25) is 9.59 Å². The van der Waals surface area contributed by atoms with Crippen molar-refractivity contribution in [2.45, 2.75) is 31.8 Å². The monoisotopic (exact) mass is 478 g/mol. The lowest BCUT2D eigenvalue weighted by atomic mass is 9.77. The third-order valence-electron chi connectivity index (χ3n) is 7.74. The first-order valence-corrected chi connectivity index (χ1v) is 12.2. The number of alkyl carbamates (subject to hydrolysis) is 1. The molecule has 8 nitrogen and oxygen atoms in total. The maximum Gasteiger partial charge on any atom is 0.407 e. The Kier molecular flexibility index (Phi) is 6.23. The molecule has 5 rings (SSSR count). The summed E-state index contributed by atoms with van der Waals surface area (Å²) in [6.45, 7) is 3.14. The number of rotatable bonds is 7. The quantitative estimate of drug-likeness (QED) is 0.633. The number of carbonyl (C=O) groups excluding carboxylic acids is 2. The van der Waals surface area contributed by atoms with E-state index in [-0.39, 0.29) is 44.0 Å². The maximum atomic E-state index is 12.9. The van der Waals surface area contributed by atoms with Crippen LogP contribution in [0.3, 0.4) is 0 Å². The van der Waals surface area contributed by atoms with Crippen molar-refractivity contribution >= 4 is 18.0 Å². The van der Waals surface area contributed by atoms with Crippen molar-refractivity contribution in [3.8, 4) is 11.1 Å². The molecule has 0 saturated carbocycles. The van der Waals surface area contributed by atoms with Crippen LogP contribution in [-0.2, 0) is 19.1 Å². The molecule has 0 radical (unpaired) electrons. The van der Waals surface area contributed by atoms with Gasteiger partial charge in [0.05, 0.1) is 0 Å². The van der Waals surface area contributed by atoms with Gasteiger partial charge in [0.1, 0.15) is 18.1 Å². The summed E-state index contributed by atoms with van der Waals surface area (Å²) in [5, 5.41) is 12.2. The van der Waals surface area contributed by atoms with Crippen molar-refractivity contribution < 1.29 is 29.0 Å². The van der Waals surface area contributed by atoms with Crippen molar-refractivity contribution in [1.82, 2.24) is 10.2 Å². The second kappa shape index (κ2) is 9.34. The van der Waals surface area contributed by atoms with E-state index in [4.69, 9.17) is 9.47 Å². The first kappa shape index (κ1) is 23.4. The standard InChI is InChI=1S/C27H30N2O6/c1-2-27(25(31)32)15-29(16-27)24(30)23-17(11-12-34-23)13-28-26(33)35-14-22-20-9-5-3-7-18(20)19-8-4-6-10-21(19)22/h3-10,17,22-23H,2,11-16H2,1H3,(H,28,33)(H,31,32)/t17-,23-/m1/s1. The van der Waals surface area contributed by atoms with Crippen molar-refractivity contribution in [1.29, 1.82) is 0 Å². The lowest BCUT2D eigenvalue weighted by Crippen LogP contribution is -2.64. The third-order valence-corrected chi connectivity index (χ3v) is 7.74. The molecule has 2 atom stereocenters. The van der Waals surface area contributed by atoms with E-state index >= 15 is 0 Å². The minimum Gasteiger partial charge on any atom is -0.481 e. The molecule has 2 aromatic carbocycles. The van der Waals surface area contributed by atoms with Crippen LogP contribution in [0.5, 0.6) is 0 Å². The van der Waals surface area contributed by atoms with Crippen LogP contribution in [0.4, 0.5) is 4.79 Å². The molecule has 2 aromatic rings. The summed E-state index contributed by atoms with van der Waals surface area (Å²) < 4.78 is 11.3. The van der Waals surface area contributed by atoms with E-state index in [0.717, 1.165) is 11.1 Å². The van der Waals surface area contributed by atoms with Gasteiger partial charge in [-0.1, -0.05) is 55.5 Å². The number of benzene rings is 2. The third kappa shape index (κ3) is 4.16. The molecule has 0 bridgehead atoms. The number of amides is 2. The van der Waals surface area contributed by atoms with Gasteiger partial charge < -0.3 is 24.8 Å². The number of carboxylic acids is 1. The largest absolute Gasteiger partial charge is 0.481 e. The number of hydrogen-bond acceptors (Lipinski definition) is 5. The molecule has 2 saturated heterocycles. The van der Waals surface area contributed by atoms with Crippen molar-refractivity contribution in [2.24, 2.45) is 11.3 Å². The normalized spacial score (nSPS) is 22.1. The number of carbonyl (C=O) groups is 3. The van der Waals surface area contributed by atoms with Gasteiger partial charge in [0.15, 0.2) is 0 Å². The number of nitrogens with zero attached hydrogens (tertiary/aromatic N) is 1. The predicted molar refractivity (Wildman–Crippen MR) is 128 cm³/mol. The van der Waals surface area contributed by atoms with Crippen LogP contribution in [0, 0.1) is 11.3 Å². The highest BCUT2D eigenvalue weighted by Gasteiger charge is 2.52. The van der Waals surface area contributed by atoms with Gasteiger partial charge in [0.2, 0.25) is 0 Å². The van der Waals surface area contributed by atoms with Crippen LogP contribution in [-0.4, -0.2) is 66.9 Å². The molecule has 2 aliphatic heterocycles. The summed E-state index contributed by atoms with van der Waals surface area (Å²) in [6.07, 6.45) is -0.0757. The van der Waals surface area contributed by atoms with Gasteiger partial charge in [0, 0.05) is 38.1 Å². The first-order chi connectivity index (χ1) is 16.9. The minimum atomic E-state index is -0.870. The summed E-state index contributed by atoms with van der Waals surface area (Å²) in [7, 11) is 0. The Hall–Kier alpha value is -3.39. The lowest BCUT2D eigenvalue weighted by molar-refractivity contribution is -0.171. The number of carboxylic acid groups (broad SMARTS) is 1. The van der Waals surface area contributed by atoms with Crippen molar-refractivity contribution in [3.63, 3.8) is 0 Å². The van der Waals surface area contributed by atoms with Gasteiger partial charge in [-0.2, -0.15) is 0 Å². The number of hydrogen-bond donors (Lipinski definition) is 2. The van der Waals surface area contributed by atoms with Crippen molar-refractivity contribution in [3.05, 3.63) is 59.7 Å². The molecule has 0 spiro atoms. The number of nitrogens with one attached hydrogen (secondary N) is 1. The van der Waals surface area contributed by atoms with E-state index in [1.807, 2.05) is 31.2 Å². The van der Waals surface area contributed by atoms with Crippen LogP contribution < -0.4 is 5.32 Å². The molecule has 2 amide bonds. The molecule has 2 fully saturated rings. The van der Waals surface area contributed by atoms with Gasteiger partial charge in [-0.15, -0.1) is 0 Å². The Morgan fingerprint density at radius 3 is 2.31 bits per heavy atom. The average Bonchev–Trinajstić information content (AvgIpc) is 3.43. The van der Waals surface area contributed by atoms with E-state index in [2.05, 4.69) is 29.6 Å². The van der Waals surface area contributed by atoms with E-state index in [0.29, 0.717) is 19.4 Å². The zero-order valence-electron chi connectivity index (χ0n) is 19.7. The SMILES string of the molecule is CCC1(C(=O)O)CN(C(=O)[C@@H]2OCC[C@@H]2CNC(=O)OCC2c3ccccc3-c3ccccc32)C1. The Balaban J connectivity index is 1.14. The van der Waals surface area contributed by atoms with E-state index in [1.54, 1.807) is 4.90 Å². The molecule has 2 heterocycles. The fourth-order valence-corrected chi connectivity index (χ4v) is 5.51. The van der Waals surface area contributed by atoms with Crippen LogP contribution in [0.25, 0.3) is 11.1 Å². The predicted octanol–water partition coefficient (Wildman–Crippen LogP) is 3.25. The highest BCUT2D eigenvalue weighted by Crippen LogP contribution is 2.44. The number of fused-ring (bicyclic) bond motifs is 3. The van der Waals surface area contributed by atoms with Gasteiger partial charge in [-0.25, -0.2) is 4.79 Å². The van der Waals surface area contributed by atoms with Crippen LogP contribution >= 0.6 is 0 Å². The van der Waals surface area contributed by atoms with Crippen molar-refractivity contribution in [2.75, 3.05) is 32.8 Å². The molecule has 184 valence electrons. The van der Waals surface area contributed by atoms with Gasteiger partial charge in [0.25, 0.3) is 5.91 Å². The second-order valence-electron chi connectivity index (χ2n) is 9.68.